The van der Waals surface area contributed by atoms with Crippen LogP contribution in [-0.4, -0.2) is 51.9 Å². The van der Waals surface area contributed by atoms with Gasteiger partial charge in [-0.15, -0.1) is 0 Å². The predicted molar refractivity (Wildman–Crippen MR) is 153 cm³/mol. The Bertz CT molecular complexity index is 1390. The summed E-state index contributed by atoms with van der Waals surface area (Å²) in [5.41, 5.74) is 3.07. The number of amides is 2. The van der Waals surface area contributed by atoms with Crippen molar-refractivity contribution in [3.63, 3.8) is 0 Å². The number of rotatable bonds is 11. The van der Waals surface area contributed by atoms with Crippen molar-refractivity contribution in [2.24, 2.45) is 0 Å². The summed E-state index contributed by atoms with van der Waals surface area (Å²) in [6.45, 7) is 7.20. The van der Waals surface area contributed by atoms with Gasteiger partial charge in [0.25, 0.3) is 10.0 Å². The van der Waals surface area contributed by atoms with Crippen molar-refractivity contribution in [3.05, 3.63) is 89.5 Å². The van der Waals surface area contributed by atoms with Crippen LogP contribution in [0.4, 0.5) is 5.69 Å². The Labute approximate surface area is 231 Å². The summed E-state index contributed by atoms with van der Waals surface area (Å²) in [4.78, 5) is 27.9. The fourth-order valence-corrected chi connectivity index (χ4v) is 5.56. The molecule has 9 heteroatoms. The number of hydrogen-bond acceptors (Lipinski definition) is 5. The summed E-state index contributed by atoms with van der Waals surface area (Å²) in [5, 5.41) is 2.58. The molecule has 208 valence electrons. The van der Waals surface area contributed by atoms with Crippen LogP contribution in [0.2, 0.25) is 0 Å². The summed E-state index contributed by atoms with van der Waals surface area (Å²) in [6, 6.07) is 20.0. The summed E-state index contributed by atoms with van der Waals surface area (Å²) in [6.07, 6.45) is 0. The molecule has 0 aliphatic heterocycles. The second kappa shape index (κ2) is 12.8. The van der Waals surface area contributed by atoms with Crippen LogP contribution in [0.25, 0.3) is 0 Å². The predicted octanol–water partition coefficient (Wildman–Crippen LogP) is 4.49. The zero-order valence-electron chi connectivity index (χ0n) is 23.3. The summed E-state index contributed by atoms with van der Waals surface area (Å²) in [7, 11) is -1.06. The van der Waals surface area contributed by atoms with Gasteiger partial charge in [-0.05, 0) is 67.3 Å². The molecule has 0 heterocycles. The maximum absolute atomic E-state index is 13.9. The van der Waals surface area contributed by atoms with Gasteiger partial charge in [0, 0.05) is 13.6 Å². The first-order valence-corrected chi connectivity index (χ1v) is 14.2. The molecular formula is C30H37N3O5S. The van der Waals surface area contributed by atoms with E-state index in [1.54, 1.807) is 56.5 Å². The van der Waals surface area contributed by atoms with Crippen molar-refractivity contribution < 1.29 is 22.7 Å². The van der Waals surface area contributed by atoms with E-state index in [2.05, 4.69) is 19.2 Å². The number of likely N-dealkylation sites (N-methyl/N-ethyl adjacent to an activating group) is 1. The third-order valence-corrected chi connectivity index (χ3v) is 8.42. The molecule has 0 radical (unpaired) electrons. The van der Waals surface area contributed by atoms with Gasteiger partial charge in [-0.25, -0.2) is 8.42 Å². The Hall–Kier alpha value is -3.85. The minimum atomic E-state index is -4.10. The van der Waals surface area contributed by atoms with Gasteiger partial charge >= 0.3 is 0 Å². The number of carbonyl (C=O) groups excluding carboxylic acids is 2. The SMILES string of the molecule is CNC(=O)[C@@H](C)N(Cc1cccc(OC)c1)C(=O)CN(c1ccc(C(C)C)cc1)S(=O)(=O)c1ccc(C)cc1. The highest BCUT2D eigenvalue weighted by Crippen LogP contribution is 2.27. The van der Waals surface area contributed by atoms with Crippen molar-refractivity contribution in [1.82, 2.24) is 10.2 Å². The second-order valence-corrected chi connectivity index (χ2v) is 11.6. The first-order chi connectivity index (χ1) is 18.5. The van der Waals surface area contributed by atoms with Crippen LogP contribution in [0.1, 0.15) is 43.4 Å². The number of hydrogen-bond donors (Lipinski definition) is 1. The lowest BCUT2D eigenvalue weighted by Gasteiger charge is -2.32. The Morgan fingerprint density at radius 2 is 1.59 bits per heavy atom. The van der Waals surface area contributed by atoms with Crippen molar-refractivity contribution in [2.75, 3.05) is 25.0 Å². The number of sulfonamides is 1. The zero-order chi connectivity index (χ0) is 28.7. The highest BCUT2D eigenvalue weighted by atomic mass is 32.2. The molecule has 8 nitrogen and oxygen atoms in total. The number of benzene rings is 3. The average molecular weight is 552 g/mol. The van der Waals surface area contributed by atoms with Gasteiger partial charge in [0.05, 0.1) is 17.7 Å². The van der Waals surface area contributed by atoms with E-state index in [0.717, 1.165) is 21.0 Å². The lowest BCUT2D eigenvalue weighted by molar-refractivity contribution is -0.139. The van der Waals surface area contributed by atoms with Gasteiger partial charge < -0.3 is 15.0 Å². The molecule has 0 spiro atoms. The number of carbonyl (C=O) groups is 2. The molecule has 2 amide bonds. The molecule has 39 heavy (non-hydrogen) atoms. The molecule has 3 aromatic rings. The Kier molecular flexibility index (Phi) is 9.75. The van der Waals surface area contributed by atoms with Crippen LogP contribution < -0.4 is 14.4 Å². The van der Waals surface area contributed by atoms with Gasteiger partial charge in [0.15, 0.2) is 0 Å². The molecule has 0 bridgehead atoms. The largest absolute Gasteiger partial charge is 0.497 e. The Balaban J connectivity index is 2.04. The third kappa shape index (κ3) is 7.17. The summed E-state index contributed by atoms with van der Waals surface area (Å²) >= 11 is 0. The fraction of sp³-hybridized carbons (Fsp3) is 0.333. The third-order valence-electron chi connectivity index (χ3n) is 6.64. The van der Waals surface area contributed by atoms with Crippen molar-refractivity contribution in [3.8, 4) is 5.75 Å². The zero-order valence-corrected chi connectivity index (χ0v) is 24.2. The molecule has 1 N–H and O–H groups in total. The van der Waals surface area contributed by atoms with Crippen LogP contribution in [-0.2, 0) is 26.2 Å². The van der Waals surface area contributed by atoms with Crippen molar-refractivity contribution in [2.45, 2.75) is 51.1 Å². The van der Waals surface area contributed by atoms with Gasteiger partial charge in [0.2, 0.25) is 11.8 Å². The molecular weight excluding hydrogens is 514 g/mol. The van der Waals surface area contributed by atoms with Gasteiger partial charge in [-0.2, -0.15) is 0 Å². The number of nitrogens with one attached hydrogen (secondary N) is 1. The van der Waals surface area contributed by atoms with E-state index < -0.39 is 28.5 Å². The van der Waals surface area contributed by atoms with Gasteiger partial charge in [-0.3, -0.25) is 13.9 Å². The molecule has 0 aromatic heterocycles. The monoisotopic (exact) mass is 551 g/mol. The van der Waals surface area contributed by atoms with E-state index in [-0.39, 0.29) is 23.3 Å². The molecule has 0 unspecified atom stereocenters. The Morgan fingerprint density at radius 1 is 0.949 bits per heavy atom. The average Bonchev–Trinajstić information content (AvgIpc) is 2.94. The number of aryl methyl sites for hydroxylation is 1. The maximum atomic E-state index is 13.9. The molecule has 0 fully saturated rings. The van der Waals surface area contributed by atoms with Gasteiger partial charge in [-0.1, -0.05) is 55.8 Å². The quantitative estimate of drug-likeness (QED) is 0.379. The molecule has 0 saturated carbocycles. The van der Waals surface area contributed by atoms with Crippen molar-refractivity contribution >= 4 is 27.5 Å². The summed E-state index contributed by atoms with van der Waals surface area (Å²) in [5.74, 6) is -0.00562. The van der Waals surface area contributed by atoms with E-state index in [1.807, 2.05) is 25.1 Å². The van der Waals surface area contributed by atoms with E-state index >= 15 is 0 Å². The smallest absolute Gasteiger partial charge is 0.264 e. The normalized spacial score (nSPS) is 12.1. The molecule has 0 aliphatic carbocycles. The highest BCUT2D eigenvalue weighted by molar-refractivity contribution is 7.92. The topological polar surface area (TPSA) is 96.0 Å². The number of methoxy groups -OCH3 is 1. The van der Waals surface area contributed by atoms with Crippen LogP contribution in [0.5, 0.6) is 5.75 Å². The minimum Gasteiger partial charge on any atom is -0.497 e. The molecule has 1 atom stereocenters. The number of anilines is 1. The fourth-order valence-electron chi connectivity index (χ4n) is 4.15. The maximum Gasteiger partial charge on any atom is 0.264 e. The van der Waals surface area contributed by atoms with Crippen LogP contribution in [0, 0.1) is 6.92 Å². The molecule has 3 rings (SSSR count). The van der Waals surface area contributed by atoms with E-state index in [9.17, 15) is 18.0 Å². The standard InChI is InChI=1S/C30H37N3O5S/c1-21(2)25-12-14-26(15-13-25)33(39(36,37)28-16-10-22(3)11-17-28)20-29(34)32(23(4)30(35)31-5)19-24-8-7-9-27(18-24)38-6/h7-18,21,23H,19-20H2,1-6H3,(H,31,35)/t23-/m1/s1. The lowest BCUT2D eigenvalue weighted by atomic mass is 10.0. The van der Waals surface area contributed by atoms with E-state index in [4.69, 9.17) is 4.74 Å². The Morgan fingerprint density at radius 3 is 2.15 bits per heavy atom. The highest BCUT2D eigenvalue weighted by Gasteiger charge is 2.32. The van der Waals surface area contributed by atoms with Crippen molar-refractivity contribution in [1.29, 1.82) is 0 Å². The van der Waals surface area contributed by atoms with E-state index in [0.29, 0.717) is 11.4 Å². The minimum absolute atomic E-state index is 0.0764. The summed E-state index contributed by atoms with van der Waals surface area (Å²) < 4.78 is 34.2. The van der Waals surface area contributed by atoms with Gasteiger partial charge in [0.1, 0.15) is 18.3 Å². The number of nitrogens with zero attached hydrogens (tertiary/aromatic N) is 2. The van der Waals surface area contributed by atoms with E-state index in [1.165, 1.54) is 24.1 Å². The molecule has 0 aliphatic rings. The first kappa shape index (κ1) is 29.7. The first-order valence-electron chi connectivity index (χ1n) is 12.8. The number of ether oxygens (including phenoxy) is 1. The van der Waals surface area contributed by atoms with Crippen LogP contribution in [0.15, 0.2) is 77.7 Å². The van der Waals surface area contributed by atoms with Crippen LogP contribution in [0.3, 0.4) is 0 Å². The van der Waals surface area contributed by atoms with Crippen LogP contribution >= 0.6 is 0 Å². The molecule has 0 saturated heterocycles. The lowest BCUT2D eigenvalue weighted by Crippen LogP contribution is -2.50. The molecule has 3 aromatic carbocycles. The second-order valence-electron chi connectivity index (χ2n) is 9.73.